The molecule has 4 N–H and O–H groups in total. The number of pyridine rings is 1. The third kappa shape index (κ3) is 3.04. The predicted molar refractivity (Wildman–Crippen MR) is 71.7 cm³/mol. The number of rotatable bonds is 3. The molecule has 0 radical (unpaired) electrons. The molecule has 0 aliphatic rings. The number of nitrogen functional groups attached to an aromatic ring is 1. The molecule has 2 aromatic rings. The van der Waals surface area contributed by atoms with E-state index in [1.54, 1.807) is 6.07 Å². The van der Waals surface area contributed by atoms with E-state index in [1.165, 1.54) is 12.1 Å². The van der Waals surface area contributed by atoms with Crippen LogP contribution in [0.1, 0.15) is 0 Å². The summed E-state index contributed by atoms with van der Waals surface area (Å²) in [6, 6.07) is 5.27. The van der Waals surface area contributed by atoms with Gasteiger partial charge in [-0.2, -0.15) is 0 Å². The van der Waals surface area contributed by atoms with Crippen LogP contribution < -0.4 is 16.6 Å². The van der Waals surface area contributed by atoms with E-state index in [0.29, 0.717) is 21.8 Å². The van der Waals surface area contributed by atoms with Gasteiger partial charge < -0.3 is 10.7 Å². The Morgan fingerprint density at radius 1 is 1.00 bits per heavy atom. The fourth-order valence-electron chi connectivity index (χ4n) is 1.37. The highest BCUT2D eigenvalue weighted by atomic mass is 35.5. The molecule has 19 heavy (non-hydrogen) atoms. The number of halogens is 4. The zero-order valence-corrected chi connectivity index (χ0v) is 10.9. The fourth-order valence-corrected chi connectivity index (χ4v) is 1.66. The summed E-state index contributed by atoms with van der Waals surface area (Å²) in [7, 11) is 0. The van der Waals surface area contributed by atoms with E-state index >= 15 is 0 Å². The molecule has 0 unspecified atom stereocenters. The van der Waals surface area contributed by atoms with Crippen LogP contribution in [0.25, 0.3) is 0 Å². The van der Waals surface area contributed by atoms with Crippen molar-refractivity contribution >= 4 is 40.5 Å². The molecule has 1 heterocycles. The zero-order valence-electron chi connectivity index (χ0n) is 9.35. The number of hydrazine groups is 1. The SMILES string of the molecule is NNc1nc(Nc2ccc(Cl)c(Cl)c2)c(F)cc1F. The second-order valence-electron chi connectivity index (χ2n) is 3.55. The van der Waals surface area contributed by atoms with Gasteiger partial charge in [-0.15, -0.1) is 0 Å². The lowest BCUT2D eigenvalue weighted by atomic mass is 10.3. The van der Waals surface area contributed by atoms with Crippen molar-refractivity contribution in [2.45, 2.75) is 0 Å². The van der Waals surface area contributed by atoms with E-state index in [0.717, 1.165) is 0 Å². The van der Waals surface area contributed by atoms with Crippen LogP contribution in [0.4, 0.5) is 26.1 Å². The maximum absolute atomic E-state index is 13.5. The van der Waals surface area contributed by atoms with Gasteiger partial charge in [0.05, 0.1) is 10.0 Å². The van der Waals surface area contributed by atoms with Gasteiger partial charge in [-0.3, -0.25) is 0 Å². The topological polar surface area (TPSA) is 63.0 Å². The number of nitrogens with two attached hydrogens (primary N) is 1. The Kier molecular flexibility index (Phi) is 4.04. The van der Waals surface area contributed by atoms with E-state index in [9.17, 15) is 8.78 Å². The Bertz CT molecular complexity index is 622. The Labute approximate surface area is 117 Å². The van der Waals surface area contributed by atoms with Gasteiger partial charge in [0.25, 0.3) is 0 Å². The van der Waals surface area contributed by atoms with Gasteiger partial charge in [0.1, 0.15) is 0 Å². The summed E-state index contributed by atoms with van der Waals surface area (Å²) in [6.07, 6.45) is 0. The second-order valence-corrected chi connectivity index (χ2v) is 4.36. The number of benzene rings is 1. The quantitative estimate of drug-likeness (QED) is 0.598. The molecule has 0 bridgehead atoms. The van der Waals surface area contributed by atoms with Crippen LogP contribution in [0.2, 0.25) is 10.0 Å². The summed E-state index contributed by atoms with van der Waals surface area (Å²) in [5.41, 5.74) is 2.48. The van der Waals surface area contributed by atoms with Crippen LogP contribution in [0.5, 0.6) is 0 Å². The van der Waals surface area contributed by atoms with Crippen molar-refractivity contribution in [3.05, 3.63) is 45.9 Å². The molecule has 8 heteroatoms. The highest BCUT2D eigenvalue weighted by molar-refractivity contribution is 6.42. The molecule has 0 atom stereocenters. The van der Waals surface area contributed by atoms with Crippen molar-refractivity contribution in [1.82, 2.24) is 4.98 Å². The van der Waals surface area contributed by atoms with E-state index in [-0.39, 0.29) is 11.6 Å². The van der Waals surface area contributed by atoms with Crippen LogP contribution in [0.3, 0.4) is 0 Å². The molecule has 0 saturated heterocycles. The number of aromatic nitrogens is 1. The minimum absolute atomic E-state index is 0.187. The van der Waals surface area contributed by atoms with Gasteiger partial charge in [0.15, 0.2) is 23.3 Å². The molecule has 0 saturated carbocycles. The standard InChI is InChI=1S/C11H8Cl2F2N4/c12-6-2-1-5(3-7(6)13)17-10-8(14)4-9(15)11(18-10)19-16/h1-4H,16H2,(H2,17,18,19). The van der Waals surface area contributed by atoms with Crippen molar-refractivity contribution in [1.29, 1.82) is 0 Å². The number of hydrogen-bond acceptors (Lipinski definition) is 4. The first kappa shape index (κ1) is 13.8. The monoisotopic (exact) mass is 304 g/mol. The average molecular weight is 305 g/mol. The molecular weight excluding hydrogens is 297 g/mol. The van der Waals surface area contributed by atoms with Gasteiger partial charge in [0, 0.05) is 11.8 Å². The first-order chi connectivity index (χ1) is 9.01. The smallest absolute Gasteiger partial charge is 0.178 e. The van der Waals surface area contributed by atoms with Crippen molar-refractivity contribution in [3.8, 4) is 0 Å². The summed E-state index contributed by atoms with van der Waals surface area (Å²) < 4.78 is 26.7. The highest BCUT2D eigenvalue weighted by Gasteiger charge is 2.11. The molecule has 4 nitrogen and oxygen atoms in total. The zero-order chi connectivity index (χ0) is 14.0. The second kappa shape index (κ2) is 5.56. The van der Waals surface area contributed by atoms with Crippen molar-refractivity contribution in [2.75, 3.05) is 10.7 Å². The maximum Gasteiger partial charge on any atom is 0.178 e. The Balaban J connectivity index is 2.34. The third-order valence-corrected chi connectivity index (χ3v) is 2.99. The first-order valence-electron chi connectivity index (χ1n) is 5.06. The molecule has 100 valence electrons. The number of anilines is 3. The van der Waals surface area contributed by atoms with Gasteiger partial charge >= 0.3 is 0 Å². The molecule has 0 aliphatic carbocycles. The maximum atomic E-state index is 13.5. The molecular formula is C11H8Cl2F2N4. The van der Waals surface area contributed by atoms with Gasteiger partial charge in [-0.05, 0) is 18.2 Å². The lowest BCUT2D eigenvalue weighted by Crippen LogP contribution is -2.12. The van der Waals surface area contributed by atoms with E-state index in [4.69, 9.17) is 29.0 Å². The van der Waals surface area contributed by atoms with E-state index < -0.39 is 11.6 Å². The van der Waals surface area contributed by atoms with Crippen LogP contribution in [-0.2, 0) is 0 Å². The van der Waals surface area contributed by atoms with Crippen LogP contribution in [-0.4, -0.2) is 4.98 Å². The predicted octanol–water partition coefficient (Wildman–Crippen LogP) is 3.70. The van der Waals surface area contributed by atoms with Crippen LogP contribution in [0, 0.1) is 11.6 Å². The summed E-state index contributed by atoms with van der Waals surface area (Å²) in [6.45, 7) is 0. The molecule has 0 spiro atoms. The average Bonchev–Trinajstić information content (AvgIpc) is 2.37. The number of nitrogens with zero attached hydrogens (tertiary/aromatic N) is 1. The van der Waals surface area contributed by atoms with E-state index in [2.05, 4.69) is 10.3 Å². The Hall–Kier alpha value is -1.63. The lowest BCUT2D eigenvalue weighted by Gasteiger charge is -2.10. The summed E-state index contributed by atoms with van der Waals surface area (Å²) >= 11 is 11.6. The van der Waals surface area contributed by atoms with E-state index in [1.807, 2.05) is 5.43 Å². The van der Waals surface area contributed by atoms with Gasteiger partial charge in [0.2, 0.25) is 0 Å². The van der Waals surface area contributed by atoms with Crippen molar-refractivity contribution in [2.24, 2.45) is 5.84 Å². The molecule has 0 amide bonds. The highest BCUT2D eigenvalue weighted by Crippen LogP contribution is 2.28. The number of hydrogen-bond donors (Lipinski definition) is 3. The minimum Gasteiger partial charge on any atom is -0.338 e. The summed E-state index contributed by atoms with van der Waals surface area (Å²) in [4.78, 5) is 3.66. The molecule has 1 aromatic heterocycles. The molecule has 1 aromatic carbocycles. The normalized spacial score (nSPS) is 10.4. The van der Waals surface area contributed by atoms with Crippen molar-refractivity contribution in [3.63, 3.8) is 0 Å². The van der Waals surface area contributed by atoms with Crippen LogP contribution in [0.15, 0.2) is 24.3 Å². The molecule has 0 fully saturated rings. The summed E-state index contributed by atoms with van der Waals surface area (Å²) in [5.74, 6) is 2.86. The van der Waals surface area contributed by atoms with Gasteiger partial charge in [-0.25, -0.2) is 19.6 Å². The Morgan fingerprint density at radius 2 is 1.68 bits per heavy atom. The molecule has 2 rings (SSSR count). The fraction of sp³-hybridized carbons (Fsp3) is 0. The first-order valence-corrected chi connectivity index (χ1v) is 5.81. The van der Waals surface area contributed by atoms with Gasteiger partial charge in [-0.1, -0.05) is 23.2 Å². The third-order valence-electron chi connectivity index (χ3n) is 2.25. The lowest BCUT2D eigenvalue weighted by molar-refractivity contribution is 0.579. The largest absolute Gasteiger partial charge is 0.338 e. The minimum atomic E-state index is -0.889. The molecule has 0 aliphatic heterocycles. The number of nitrogens with one attached hydrogen (secondary N) is 2. The Morgan fingerprint density at radius 3 is 2.32 bits per heavy atom. The van der Waals surface area contributed by atoms with Crippen molar-refractivity contribution < 1.29 is 8.78 Å². The van der Waals surface area contributed by atoms with Crippen LogP contribution >= 0.6 is 23.2 Å². The summed E-state index contributed by atoms with van der Waals surface area (Å²) in [5, 5.41) is 3.31.